The number of nitrogens with two attached hydrogens (primary N) is 1. The van der Waals surface area contributed by atoms with Gasteiger partial charge in [-0.3, -0.25) is 0 Å². The Kier molecular flexibility index (Phi) is 4.72. The van der Waals surface area contributed by atoms with Crippen molar-refractivity contribution in [2.24, 2.45) is 11.7 Å². The highest BCUT2D eigenvalue weighted by Crippen LogP contribution is 2.39. The molecule has 1 heterocycles. The van der Waals surface area contributed by atoms with Gasteiger partial charge in [0.15, 0.2) is 0 Å². The largest absolute Gasteiger partial charge is 0.416 e. The molecule has 1 fully saturated rings. The van der Waals surface area contributed by atoms with Crippen molar-refractivity contribution in [3.8, 4) is 0 Å². The van der Waals surface area contributed by atoms with E-state index in [1.807, 2.05) is 0 Å². The third-order valence-corrected chi connectivity index (χ3v) is 3.77. The third kappa shape index (κ3) is 3.92. The van der Waals surface area contributed by atoms with Gasteiger partial charge in [0.1, 0.15) is 0 Å². The van der Waals surface area contributed by atoms with E-state index < -0.39 is 29.5 Å². The zero-order chi connectivity index (χ0) is 16.5. The van der Waals surface area contributed by atoms with Crippen molar-refractivity contribution in [2.75, 3.05) is 13.2 Å². The lowest BCUT2D eigenvalue weighted by molar-refractivity contribution is -0.143. The molecule has 2 N–H and O–H groups in total. The number of halogens is 6. The smallest absolute Gasteiger partial charge is 0.381 e. The molecule has 1 atom stereocenters. The van der Waals surface area contributed by atoms with Crippen LogP contribution in [0.4, 0.5) is 26.3 Å². The van der Waals surface area contributed by atoms with E-state index in [1.165, 1.54) is 0 Å². The SMILES string of the molecule is N[C@@H](c1cc(C(F)(F)F)cc(C(F)(F)F)c1)C1CCOCC1. The molecule has 0 aliphatic carbocycles. The first-order chi connectivity index (χ1) is 10.1. The van der Waals surface area contributed by atoms with E-state index in [0.29, 0.717) is 38.2 Å². The Hall–Kier alpha value is -1.28. The second-order valence-corrected chi connectivity index (χ2v) is 5.31. The van der Waals surface area contributed by atoms with Crippen molar-refractivity contribution in [3.05, 3.63) is 34.9 Å². The number of hydrogen-bond acceptors (Lipinski definition) is 2. The van der Waals surface area contributed by atoms with E-state index in [-0.39, 0.29) is 17.5 Å². The molecule has 0 radical (unpaired) electrons. The van der Waals surface area contributed by atoms with Crippen molar-refractivity contribution in [1.29, 1.82) is 0 Å². The molecular formula is C14H15F6NO. The average molecular weight is 327 g/mol. The molecule has 1 aliphatic rings. The monoisotopic (exact) mass is 327 g/mol. The Bertz CT molecular complexity index is 487. The maximum absolute atomic E-state index is 12.8. The van der Waals surface area contributed by atoms with Gasteiger partial charge in [0.25, 0.3) is 0 Å². The topological polar surface area (TPSA) is 35.2 Å². The zero-order valence-corrected chi connectivity index (χ0v) is 11.5. The fourth-order valence-corrected chi connectivity index (χ4v) is 2.52. The zero-order valence-electron chi connectivity index (χ0n) is 11.5. The summed E-state index contributed by atoms with van der Waals surface area (Å²) in [6, 6.07) is 0.637. The Labute approximate surface area is 123 Å². The van der Waals surface area contributed by atoms with Crippen LogP contribution in [0.15, 0.2) is 18.2 Å². The first kappa shape index (κ1) is 17.1. The molecule has 2 rings (SSSR count). The predicted octanol–water partition coefficient (Wildman–Crippen LogP) is 4.15. The van der Waals surface area contributed by atoms with Crippen molar-refractivity contribution < 1.29 is 31.1 Å². The molecule has 0 spiro atoms. The second-order valence-electron chi connectivity index (χ2n) is 5.31. The minimum absolute atomic E-state index is 0.111. The summed E-state index contributed by atoms with van der Waals surface area (Å²) < 4.78 is 82.0. The van der Waals surface area contributed by atoms with Crippen LogP contribution >= 0.6 is 0 Å². The lowest BCUT2D eigenvalue weighted by Crippen LogP contribution is -2.28. The molecule has 1 aromatic carbocycles. The van der Waals surface area contributed by atoms with Gasteiger partial charge < -0.3 is 10.5 Å². The quantitative estimate of drug-likeness (QED) is 0.828. The maximum atomic E-state index is 12.8. The summed E-state index contributed by atoms with van der Waals surface area (Å²) in [5.41, 5.74) is 3.09. The number of ether oxygens (including phenoxy) is 1. The van der Waals surface area contributed by atoms with Gasteiger partial charge in [-0.2, -0.15) is 26.3 Å². The molecule has 1 saturated heterocycles. The van der Waals surface area contributed by atoms with Crippen LogP contribution < -0.4 is 5.73 Å². The van der Waals surface area contributed by atoms with E-state index in [1.54, 1.807) is 0 Å². The van der Waals surface area contributed by atoms with Crippen LogP contribution in [0, 0.1) is 5.92 Å². The van der Waals surface area contributed by atoms with Crippen molar-refractivity contribution in [2.45, 2.75) is 31.2 Å². The molecule has 0 bridgehead atoms. The fourth-order valence-electron chi connectivity index (χ4n) is 2.52. The molecule has 2 nitrogen and oxygen atoms in total. The first-order valence-electron chi connectivity index (χ1n) is 6.72. The molecule has 0 aromatic heterocycles. The Morgan fingerprint density at radius 1 is 0.909 bits per heavy atom. The van der Waals surface area contributed by atoms with Crippen LogP contribution in [-0.2, 0) is 17.1 Å². The fraction of sp³-hybridized carbons (Fsp3) is 0.571. The highest BCUT2D eigenvalue weighted by atomic mass is 19.4. The Morgan fingerprint density at radius 2 is 1.36 bits per heavy atom. The van der Waals surface area contributed by atoms with Gasteiger partial charge in [-0.25, -0.2) is 0 Å². The molecule has 1 aromatic rings. The summed E-state index contributed by atoms with van der Waals surface area (Å²) >= 11 is 0. The highest BCUT2D eigenvalue weighted by molar-refractivity contribution is 5.35. The summed E-state index contributed by atoms with van der Waals surface area (Å²) in [6.07, 6.45) is -8.69. The third-order valence-electron chi connectivity index (χ3n) is 3.77. The van der Waals surface area contributed by atoms with Crippen LogP contribution in [0.1, 0.15) is 35.6 Å². The van der Waals surface area contributed by atoms with Crippen molar-refractivity contribution in [3.63, 3.8) is 0 Å². The lowest BCUT2D eigenvalue weighted by Gasteiger charge is -2.28. The summed E-state index contributed by atoms with van der Waals surface area (Å²) in [7, 11) is 0. The minimum atomic E-state index is -4.86. The van der Waals surface area contributed by atoms with E-state index >= 15 is 0 Å². The van der Waals surface area contributed by atoms with Crippen LogP contribution in [-0.4, -0.2) is 13.2 Å². The van der Waals surface area contributed by atoms with Crippen LogP contribution in [0.25, 0.3) is 0 Å². The molecule has 8 heteroatoms. The number of benzene rings is 1. The van der Waals surface area contributed by atoms with Gasteiger partial charge in [-0.1, -0.05) is 0 Å². The molecule has 124 valence electrons. The second kappa shape index (κ2) is 6.08. The van der Waals surface area contributed by atoms with Crippen molar-refractivity contribution in [1.82, 2.24) is 0 Å². The number of hydrogen-bond donors (Lipinski definition) is 1. The molecule has 0 amide bonds. The van der Waals surface area contributed by atoms with Gasteiger partial charge in [-0.05, 0) is 42.5 Å². The van der Waals surface area contributed by atoms with Crippen LogP contribution in [0.3, 0.4) is 0 Å². The van der Waals surface area contributed by atoms with Gasteiger partial charge >= 0.3 is 12.4 Å². The molecule has 22 heavy (non-hydrogen) atoms. The van der Waals surface area contributed by atoms with Crippen molar-refractivity contribution >= 4 is 0 Å². The summed E-state index contributed by atoms with van der Waals surface area (Å²) in [5, 5.41) is 0. The van der Waals surface area contributed by atoms with Gasteiger partial charge in [0.2, 0.25) is 0 Å². The van der Waals surface area contributed by atoms with Gasteiger partial charge in [-0.15, -0.1) is 0 Å². The van der Waals surface area contributed by atoms with Gasteiger partial charge in [0.05, 0.1) is 11.1 Å². The molecule has 1 aliphatic heterocycles. The Morgan fingerprint density at radius 3 is 1.77 bits per heavy atom. The van der Waals surface area contributed by atoms with E-state index in [2.05, 4.69) is 0 Å². The normalized spacial score (nSPS) is 19.2. The molecule has 0 unspecified atom stereocenters. The number of alkyl halides is 6. The van der Waals surface area contributed by atoms with E-state index in [4.69, 9.17) is 10.5 Å². The lowest BCUT2D eigenvalue weighted by atomic mass is 9.86. The standard InChI is InChI=1S/C14H15F6NO/c15-13(16,17)10-5-9(6-11(7-10)14(18,19)20)12(21)8-1-3-22-4-2-8/h5-8,12H,1-4,21H2/t12-/m1/s1. The summed E-state index contributed by atoms with van der Waals surface area (Å²) in [6.45, 7) is 0.812. The van der Waals surface area contributed by atoms with Crippen LogP contribution in [0.5, 0.6) is 0 Å². The first-order valence-corrected chi connectivity index (χ1v) is 6.72. The number of rotatable bonds is 2. The molecule has 0 saturated carbocycles. The maximum Gasteiger partial charge on any atom is 0.416 e. The van der Waals surface area contributed by atoms with Gasteiger partial charge in [0, 0.05) is 19.3 Å². The summed E-state index contributed by atoms with van der Waals surface area (Å²) in [4.78, 5) is 0. The predicted molar refractivity (Wildman–Crippen MR) is 66.9 cm³/mol. The Balaban J connectivity index is 2.41. The van der Waals surface area contributed by atoms with Crippen LogP contribution in [0.2, 0.25) is 0 Å². The van der Waals surface area contributed by atoms with E-state index in [0.717, 1.165) is 0 Å². The highest BCUT2D eigenvalue weighted by Gasteiger charge is 2.38. The minimum Gasteiger partial charge on any atom is -0.381 e. The molecular weight excluding hydrogens is 312 g/mol. The van der Waals surface area contributed by atoms with E-state index in [9.17, 15) is 26.3 Å². The average Bonchev–Trinajstić information content (AvgIpc) is 2.45. The summed E-state index contributed by atoms with van der Waals surface area (Å²) in [5.74, 6) is -0.196.